The van der Waals surface area contributed by atoms with Crippen molar-refractivity contribution in [2.75, 3.05) is 44.3 Å². The zero-order valence-electron chi connectivity index (χ0n) is 25.4. The average molecular weight is 645 g/mol. The van der Waals surface area contributed by atoms with E-state index in [1.54, 1.807) is 35.2 Å². The van der Waals surface area contributed by atoms with Gasteiger partial charge in [0.2, 0.25) is 0 Å². The number of hydrogen-bond acceptors (Lipinski definition) is 9. The molecule has 1 atom stereocenters. The minimum atomic E-state index is -0.992. The fourth-order valence-corrected chi connectivity index (χ4v) is 6.18. The van der Waals surface area contributed by atoms with Crippen LogP contribution in [0.2, 0.25) is 5.02 Å². The highest BCUT2D eigenvalue weighted by Gasteiger charge is 2.33. The molecule has 0 bridgehead atoms. The number of carbonyl (C=O) groups is 2. The molecule has 1 aromatic carbocycles. The van der Waals surface area contributed by atoms with Gasteiger partial charge < -0.3 is 29.7 Å². The van der Waals surface area contributed by atoms with Gasteiger partial charge >= 0.3 is 6.09 Å². The van der Waals surface area contributed by atoms with Crippen LogP contribution in [-0.4, -0.2) is 92.6 Å². The molecule has 6 rings (SSSR count). The molecule has 2 amide bonds. The number of pyridine rings is 1. The number of fused-ring (bicyclic) bond motifs is 1. The molecule has 2 aliphatic heterocycles. The van der Waals surface area contributed by atoms with Gasteiger partial charge in [-0.05, 0) is 44.4 Å². The molecular formula is C32H33ClN8O5. The minimum Gasteiger partial charge on any atom is -0.489 e. The largest absolute Gasteiger partial charge is 0.489 e. The smallest absolute Gasteiger partial charge is 0.407 e. The molecule has 14 heteroatoms. The number of halogens is 1. The second-order valence-electron chi connectivity index (χ2n) is 11.8. The number of amides is 2. The monoisotopic (exact) mass is 644 g/mol. The first-order valence-electron chi connectivity index (χ1n) is 14.9. The van der Waals surface area contributed by atoms with Crippen molar-refractivity contribution < 1.29 is 24.2 Å². The maximum Gasteiger partial charge on any atom is 0.407 e. The number of piperidine rings is 1. The average Bonchev–Trinajstić information content (AvgIpc) is 3.47. The topological polar surface area (TPSA) is 158 Å². The lowest BCUT2D eigenvalue weighted by Crippen LogP contribution is -2.53. The van der Waals surface area contributed by atoms with E-state index >= 15 is 0 Å². The molecule has 4 aromatic rings. The first-order valence-corrected chi connectivity index (χ1v) is 15.3. The third-order valence-corrected chi connectivity index (χ3v) is 8.84. The van der Waals surface area contributed by atoms with E-state index in [4.69, 9.17) is 31.0 Å². The van der Waals surface area contributed by atoms with E-state index < -0.39 is 17.7 Å². The highest BCUT2D eigenvalue weighted by atomic mass is 35.5. The van der Waals surface area contributed by atoms with Gasteiger partial charge in [-0.3, -0.25) is 9.78 Å². The third-order valence-electron chi connectivity index (χ3n) is 8.52. The number of rotatable bonds is 7. The number of anilines is 1. The Morgan fingerprint density at radius 3 is 2.72 bits per heavy atom. The Labute approximate surface area is 270 Å². The number of nitrogens with zero attached hydrogens (tertiary/aromatic N) is 7. The number of morpholine rings is 1. The molecule has 0 aliphatic carbocycles. The van der Waals surface area contributed by atoms with Crippen molar-refractivity contribution in [3.05, 3.63) is 70.8 Å². The van der Waals surface area contributed by atoms with Crippen molar-refractivity contribution >= 4 is 34.9 Å². The second-order valence-corrected chi connectivity index (χ2v) is 12.2. The number of carbonyl (C=O) groups excluding carboxylic acids is 1. The van der Waals surface area contributed by atoms with Gasteiger partial charge in [-0.2, -0.15) is 10.4 Å². The summed E-state index contributed by atoms with van der Waals surface area (Å²) >= 11 is 6.32. The molecule has 2 aliphatic rings. The van der Waals surface area contributed by atoms with Gasteiger partial charge in [-0.15, -0.1) is 0 Å². The summed E-state index contributed by atoms with van der Waals surface area (Å²) < 4.78 is 13.3. The minimum absolute atomic E-state index is 0.137. The molecule has 2 N–H and O–H groups in total. The predicted octanol–water partition coefficient (Wildman–Crippen LogP) is 4.17. The molecule has 2 saturated heterocycles. The number of carboxylic acid groups (broad SMARTS) is 1. The van der Waals surface area contributed by atoms with E-state index in [0.29, 0.717) is 83.6 Å². The summed E-state index contributed by atoms with van der Waals surface area (Å²) in [6, 6.07) is 9.38. The Hall–Kier alpha value is -4.93. The molecule has 5 heterocycles. The summed E-state index contributed by atoms with van der Waals surface area (Å²) in [6.07, 6.45) is 6.51. The Morgan fingerprint density at radius 2 is 2.02 bits per heavy atom. The summed E-state index contributed by atoms with van der Waals surface area (Å²) in [5.41, 5.74) is 3.04. The number of benzene rings is 1. The van der Waals surface area contributed by atoms with Crippen LogP contribution in [0.5, 0.6) is 5.75 Å². The predicted molar refractivity (Wildman–Crippen MR) is 169 cm³/mol. The lowest BCUT2D eigenvalue weighted by atomic mass is 9.89. The van der Waals surface area contributed by atoms with Crippen molar-refractivity contribution in [3.8, 4) is 23.1 Å². The van der Waals surface area contributed by atoms with Crippen LogP contribution in [0.3, 0.4) is 0 Å². The Balaban J connectivity index is 1.15. The van der Waals surface area contributed by atoms with Crippen LogP contribution in [0.15, 0.2) is 49.1 Å². The molecule has 46 heavy (non-hydrogen) atoms. The quantitative estimate of drug-likeness (QED) is 0.299. The fourth-order valence-electron chi connectivity index (χ4n) is 5.87. The first kappa shape index (κ1) is 31.1. The molecule has 3 aromatic heterocycles. The Morgan fingerprint density at radius 1 is 1.22 bits per heavy atom. The van der Waals surface area contributed by atoms with Crippen molar-refractivity contribution in [2.24, 2.45) is 0 Å². The zero-order chi connectivity index (χ0) is 32.4. The van der Waals surface area contributed by atoms with Gasteiger partial charge in [0.15, 0.2) is 0 Å². The molecule has 2 fully saturated rings. The summed E-state index contributed by atoms with van der Waals surface area (Å²) in [5, 5.41) is 27.0. The van der Waals surface area contributed by atoms with E-state index in [2.05, 4.69) is 21.4 Å². The SMILES string of the molecule is Cc1cccc(Cl)c1C(=O)NC1(C)CCN(c2cnc(-c3cc(OC[C@H]4CN(C(=O)O)CCO4)cn4ncc(C#N)c34)cn2)CC1. The number of aromatic nitrogens is 4. The van der Waals surface area contributed by atoms with Crippen LogP contribution in [0.4, 0.5) is 10.6 Å². The summed E-state index contributed by atoms with van der Waals surface area (Å²) in [6.45, 7) is 6.22. The number of nitriles is 1. The number of hydrogen-bond donors (Lipinski definition) is 2. The maximum absolute atomic E-state index is 13.1. The van der Waals surface area contributed by atoms with E-state index in [1.165, 1.54) is 11.1 Å². The zero-order valence-corrected chi connectivity index (χ0v) is 26.2. The summed E-state index contributed by atoms with van der Waals surface area (Å²) in [5.74, 6) is 0.987. The van der Waals surface area contributed by atoms with Crippen LogP contribution in [0.25, 0.3) is 16.8 Å². The molecular weight excluding hydrogens is 612 g/mol. The van der Waals surface area contributed by atoms with Gasteiger partial charge in [-0.1, -0.05) is 23.7 Å². The van der Waals surface area contributed by atoms with Gasteiger partial charge in [0, 0.05) is 30.7 Å². The molecule has 0 spiro atoms. The number of aryl methyl sites for hydroxylation is 1. The van der Waals surface area contributed by atoms with Crippen molar-refractivity contribution in [3.63, 3.8) is 0 Å². The Kier molecular flexibility index (Phi) is 8.66. The first-order chi connectivity index (χ1) is 22.1. The van der Waals surface area contributed by atoms with E-state index in [9.17, 15) is 20.0 Å². The van der Waals surface area contributed by atoms with Gasteiger partial charge in [0.1, 0.15) is 30.3 Å². The van der Waals surface area contributed by atoms with E-state index in [0.717, 1.165) is 5.56 Å². The fraction of sp³-hybridized carbons (Fsp3) is 0.375. The highest BCUT2D eigenvalue weighted by molar-refractivity contribution is 6.34. The molecule has 238 valence electrons. The van der Waals surface area contributed by atoms with E-state index in [-0.39, 0.29) is 19.1 Å². The molecule has 13 nitrogen and oxygen atoms in total. The number of ether oxygens (including phenoxy) is 2. The second kappa shape index (κ2) is 12.8. The summed E-state index contributed by atoms with van der Waals surface area (Å²) in [7, 11) is 0. The summed E-state index contributed by atoms with van der Waals surface area (Å²) in [4.78, 5) is 37.3. The lowest BCUT2D eigenvalue weighted by Gasteiger charge is -2.40. The third kappa shape index (κ3) is 6.40. The standard InChI is InChI=1S/C32H33ClN8O5/c1-20-4-3-5-25(33)28(20)30(42)38-32(2)6-8-39(9-7-32)27-16-35-26(15-36-27)24-12-22(18-41-29(24)21(13-34)14-37-41)46-19-23-17-40(31(43)44)10-11-45-23/h3-5,12,14-16,18,23H,6-11,17,19H2,1-2H3,(H,38,42)(H,43,44)/t23-/m1/s1. The molecule has 0 unspecified atom stereocenters. The lowest BCUT2D eigenvalue weighted by molar-refractivity contribution is -0.0412. The molecule has 0 radical (unpaired) electrons. The van der Waals surface area contributed by atoms with Crippen molar-refractivity contribution in [1.29, 1.82) is 5.26 Å². The molecule has 0 saturated carbocycles. The normalized spacial score (nSPS) is 17.8. The van der Waals surface area contributed by atoms with Crippen LogP contribution in [0, 0.1) is 18.3 Å². The van der Waals surface area contributed by atoms with Gasteiger partial charge in [0.05, 0.1) is 65.3 Å². The number of nitrogens with one attached hydrogen (secondary N) is 1. The highest BCUT2D eigenvalue weighted by Crippen LogP contribution is 2.31. The Bertz CT molecular complexity index is 1790. The maximum atomic E-state index is 13.1. The van der Waals surface area contributed by atoms with Crippen molar-refractivity contribution in [1.82, 2.24) is 29.8 Å². The van der Waals surface area contributed by atoms with Crippen LogP contribution >= 0.6 is 11.6 Å². The van der Waals surface area contributed by atoms with E-state index in [1.807, 2.05) is 26.0 Å². The van der Waals surface area contributed by atoms with Crippen LogP contribution in [0.1, 0.15) is 41.3 Å². The van der Waals surface area contributed by atoms with Crippen LogP contribution < -0.4 is 15.0 Å². The van der Waals surface area contributed by atoms with Crippen molar-refractivity contribution in [2.45, 2.75) is 38.3 Å². The van der Waals surface area contributed by atoms with Gasteiger partial charge in [0.25, 0.3) is 5.91 Å². The van der Waals surface area contributed by atoms with Crippen LogP contribution in [-0.2, 0) is 4.74 Å². The van der Waals surface area contributed by atoms with Gasteiger partial charge in [-0.25, -0.2) is 14.3 Å².